The highest BCUT2D eigenvalue weighted by molar-refractivity contribution is 7.07. The Balaban J connectivity index is 1.80. The number of rotatable bonds is 4. The van der Waals surface area contributed by atoms with Crippen molar-refractivity contribution in [3.8, 4) is 0 Å². The summed E-state index contributed by atoms with van der Waals surface area (Å²) in [5.74, 6) is -0.205. The van der Waals surface area contributed by atoms with Gasteiger partial charge >= 0.3 is 0 Å². The van der Waals surface area contributed by atoms with E-state index >= 15 is 0 Å². The van der Waals surface area contributed by atoms with E-state index < -0.39 is 0 Å². The Kier molecular flexibility index (Phi) is 3.25. The first-order chi connectivity index (χ1) is 7.75. The number of aromatic nitrogens is 4. The standard InChI is InChI=1S/C9H11N5OS/c1-14-4-8(12-13-14)9(15)10-3-2-7-5-16-6-11-7/h4-6H,2-3H2,1H3,(H,10,15). The molecule has 0 radical (unpaired) electrons. The van der Waals surface area contributed by atoms with Crippen molar-refractivity contribution in [2.24, 2.45) is 7.05 Å². The smallest absolute Gasteiger partial charge is 0.273 e. The molecule has 2 aromatic heterocycles. The van der Waals surface area contributed by atoms with Crippen molar-refractivity contribution in [2.75, 3.05) is 6.54 Å². The van der Waals surface area contributed by atoms with Gasteiger partial charge in [0.25, 0.3) is 5.91 Å². The van der Waals surface area contributed by atoms with Crippen LogP contribution in [0, 0.1) is 0 Å². The average Bonchev–Trinajstić information content (AvgIpc) is 2.89. The topological polar surface area (TPSA) is 72.7 Å². The summed E-state index contributed by atoms with van der Waals surface area (Å²) in [6.07, 6.45) is 2.31. The maximum atomic E-state index is 11.5. The summed E-state index contributed by atoms with van der Waals surface area (Å²) in [4.78, 5) is 15.7. The summed E-state index contributed by atoms with van der Waals surface area (Å²) in [6.45, 7) is 0.555. The van der Waals surface area contributed by atoms with Crippen LogP contribution in [0.25, 0.3) is 0 Å². The zero-order chi connectivity index (χ0) is 11.4. The summed E-state index contributed by atoms with van der Waals surface area (Å²) < 4.78 is 1.50. The molecule has 0 aliphatic carbocycles. The van der Waals surface area contributed by atoms with E-state index in [1.54, 1.807) is 30.1 Å². The molecule has 2 heterocycles. The molecule has 0 bridgehead atoms. The van der Waals surface area contributed by atoms with E-state index in [1.807, 2.05) is 5.38 Å². The summed E-state index contributed by atoms with van der Waals surface area (Å²) in [5, 5.41) is 12.1. The number of amides is 1. The molecule has 0 aliphatic rings. The number of nitrogens with zero attached hydrogens (tertiary/aromatic N) is 4. The molecular formula is C9H11N5OS. The number of hydrogen-bond acceptors (Lipinski definition) is 5. The van der Waals surface area contributed by atoms with Gasteiger partial charge in [-0.3, -0.25) is 9.48 Å². The van der Waals surface area contributed by atoms with Crippen molar-refractivity contribution >= 4 is 17.2 Å². The number of hydrogen-bond donors (Lipinski definition) is 1. The summed E-state index contributed by atoms with van der Waals surface area (Å²) >= 11 is 1.55. The highest BCUT2D eigenvalue weighted by Gasteiger charge is 2.08. The fourth-order valence-corrected chi connectivity index (χ4v) is 1.80. The number of nitrogens with one attached hydrogen (secondary N) is 1. The molecule has 0 unspecified atom stereocenters. The highest BCUT2D eigenvalue weighted by atomic mass is 32.1. The Morgan fingerprint density at radius 1 is 1.62 bits per heavy atom. The lowest BCUT2D eigenvalue weighted by atomic mass is 10.3. The van der Waals surface area contributed by atoms with Crippen molar-refractivity contribution in [3.05, 3.63) is 28.5 Å². The minimum absolute atomic E-state index is 0.205. The maximum Gasteiger partial charge on any atom is 0.273 e. The van der Waals surface area contributed by atoms with Gasteiger partial charge in [-0.05, 0) is 0 Å². The molecule has 6 nitrogen and oxygen atoms in total. The first kappa shape index (κ1) is 10.7. The van der Waals surface area contributed by atoms with Crippen molar-refractivity contribution in [3.63, 3.8) is 0 Å². The molecule has 1 N–H and O–H groups in total. The Labute approximate surface area is 96.3 Å². The normalized spacial score (nSPS) is 10.3. The van der Waals surface area contributed by atoms with Crippen LogP contribution in [-0.2, 0) is 13.5 Å². The third kappa shape index (κ3) is 2.63. The second-order valence-corrected chi connectivity index (χ2v) is 3.98. The van der Waals surface area contributed by atoms with E-state index in [9.17, 15) is 4.79 Å². The zero-order valence-electron chi connectivity index (χ0n) is 8.75. The Morgan fingerprint density at radius 3 is 3.12 bits per heavy atom. The second kappa shape index (κ2) is 4.84. The van der Waals surface area contributed by atoms with Crippen molar-refractivity contribution < 1.29 is 4.79 Å². The van der Waals surface area contributed by atoms with E-state index in [4.69, 9.17) is 0 Å². The molecule has 1 amide bonds. The fraction of sp³-hybridized carbons (Fsp3) is 0.333. The quantitative estimate of drug-likeness (QED) is 0.827. The van der Waals surface area contributed by atoms with Crippen LogP contribution in [0.5, 0.6) is 0 Å². The molecule has 0 saturated heterocycles. The molecule has 2 rings (SSSR count). The summed E-state index contributed by atoms with van der Waals surface area (Å²) in [5.41, 5.74) is 3.10. The van der Waals surface area contributed by atoms with Gasteiger partial charge in [0.05, 0.1) is 17.4 Å². The lowest BCUT2D eigenvalue weighted by Crippen LogP contribution is -2.26. The van der Waals surface area contributed by atoms with Crippen LogP contribution in [0.3, 0.4) is 0 Å². The zero-order valence-corrected chi connectivity index (χ0v) is 9.57. The van der Waals surface area contributed by atoms with Crippen LogP contribution >= 0.6 is 11.3 Å². The van der Waals surface area contributed by atoms with Gasteiger partial charge in [0.15, 0.2) is 5.69 Å². The number of aryl methyl sites for hydroxylation is 1. The van der Waals surface area contributed by atoms with Crippen LogP contribution in [0.2, 0.25) is 0 Å². The van der Waals surface area contributed by atoms with Crippen LogP contribution < -0.4 is 5.32 Å². The molecule has 0 atom stereocenters. The fourth-order valence-electron chi connectivity index (χ4n) is 1.21. The molecular weight excluding hydrogens is 226 g/mol. The van der Waals surface area contributed by atoms with Crippen LogP contribution in [0.1, 0.15) is 16.2 Å². The molecule has 0 aliphatic heterocycles. The predicted molar refractivity (Wildman–Crippen MR) is 59.2 cm³/mol. The average molecular weight is 237 g/mol. The molecule has 2 aromatic rings. The number of carbonyl (C=O) groups excluding carboxylic acids is 1. The van der Waals surface area contributed by atoms with E-state index in [0.717, 1.165) is 12.1 Å². The SMILES string of the molecule is Cn1cc(C(=O)NCCc2cscn2)nn1. The third-order valence-electron chi connectivity index (χ3n) is 1.99. The first-order valence-electron chi connectivity index (χ1n) is 4.77. The van der Waals surface area contributed by atoms with E-state index in [1.165, 1.54) is 4.68 Å². The van der Waals surface area contributed by atoms with Crippen LogP contribution in [0.4, 0.5) is 0 Å². The lowest BCUT2D eigenvalue weighted by Gasteiger charge is -2.00. The molecule has 16 heavy (non-hydrogen) atoms. The van der Waals surface area contributed by atoms with E-state index in [0.29, 0.717) is 12.2 Å². The van der Waals surface area contributed by atoms with Crippen molar-refractivity contribution in [1.82, 2.24) is 25.3 Å². The highest BCUT2D eigenvalue weighted by Crippen LogP contribution is 2.00. The molecule has 0 fully saturated rings. The van der Waals surface area contributed by atoms with Gasteiger partial charge in [-0.15, -0.1) is 16.4 Å². The lowest BCUT2D eigenvalue weighted by molar-refractivity contribution is 0.0949. The molecule has 7 heteroatoms. The van der Waals surface area contributed by atoms with Crippen LogP contribution in [-0.4, -0.2) is 32.4 Å². The summed E-state index contributed by atoms with van der Waals surface area (Å²) in [6, 6.07) is 0. The molecule has 84 valence electrons. The number of carbonyl (C=O) groups is 1. The Bertz CT molecular complexity index is 464. The maximum absolute atomic E-state index is 11.5. The van der Waals surface area contributed by atoms with E-state index in [-0.39, 0.29) is 5.91 Å². The van der Waals surface area contributed by atoms with Gasteiger partial charge < -0.3 is 5.32 Å². The van der Waals surface area contributed by atoms with E-state index in [2.05, 4.69) is 20.6 Å². The minimum Gasteiger partial charge on any atom is -0.350 e. The van der Waals surface area contributed by atoms with Crippen molar-refractivity contribution in [1.29, 1.82) is 0 Å². The Morgan fingerprint density at radius 2 is 2.50 bits per heavy atom. The van der Waals surface area contributed by atoms with Gasteiger partial charge in [-0.2, -0.15) is 0 Å². The van der Waals surface area contributed by atoms with Gasteiger partial charge in [0.1, 0.15) is 0 Å². The van der Waals surface area contributed by atoms with Gasteiger partial charge in [-0.1, -0.05) is 5.21 Å². The number of thiazole rings is 1. The Hall–Kier alpha value is -1.76. The second-order valence-electron chi connectivity index (χ2n) is 3.26. The molecule has 0 aromatic carbocycles. The predicted octanol–water partition coefficient (Wildman–Crippen LogP) is 0.244. The van der Waals surface area contributed by atoms with Gasteiger partial charge in [0, 0.05) is 25.4 Å². The minimum atomic E-state index is -0.205. The third-order valence-corrected chi connectivity index (χ3v) is 2.62. The first-order valence-corrected chi connectivity index (χ1v) is 5.71. The largest absolute Gasteiger partial charge is 0.350 e. The summed E-state index contributed by atoms with van der Waals surface area (Å²) in [7, 11) is 1.72. The monoisotopic (exact) mass is 237 g/mol. The molecule has 0 saturated carbocycles. The molecule has 0 spiro atoms. The van der Waals surface area contributed by atoms with Crippen molar-refractivity contribution in [2.45, 2.75) is 6.42 Å². The van der Waals surface area contributed by atoms with Crippen LogP contribution in [0.15, 0.2) is 17.1 Å². The van der Waals surface area contributed by atoms with Gasteiger partial charge in [-0.25, -0.2) is 4.98 Å². The van der Waals surface area contributed by atoms with Gasteiger partial charge in [0.2, 0.25) is 0 Å².